The predicted octanol–water partition coefficient (Wildman–Crippen LogP) is 4.48. The number of ketones is 1. The van der Waals surface area contributed by atoms with Crippen molar-refractivity contribution in [3.63, 3.8) is 0 Å². The van der Waals surface area contributed by atoms with Gasteiger partial charge in [-0.05, 0) is 48.5 Å². The Morgan fingerprint density at radius 3 is 2.30 bits per heavy atom. The summed E-state index contributed by atoms with van der Waals surface area (Å²) in [6.07, 6.45) is 0. The third kappa shape index (κ3) is 3.84. The predicted molar refractivity (Wildman–Crippen MR) is 117 cm³/mol. The van der Waals surface area contributed by atoms with Crippen LogP contribution in [-0.2, 0) is 0 Å². The van der Waals surface area contributed by atoms with Crippen LogP contribution in [0.4, 0.5) is 0 Å². The molecule has 0 fully saturated rings. The number of carbonyl (C=O) groups is 2. The van der Waals surface area contributed by atoms with Crippen LogP contribution in [0.25, 0.3) is 0 Å². The standard InChI is InChI=1S/C24H19ClN2O3/c1-30-19-12-8-17(9-13-19)24(29)27-15-14-26-23(27)21-5-3-2-4-20(21)22(28)16-6-10-18(25)11-7-16/h2-13H,14-15H2,1H3. The molecule has 0 unspecified atom stereocenters. The van der Waals surface area contributed by atoms with E-state index in [1.54, 1.807) is 72.7 Å². The van der Waals surface area contributed by atoms with E-state index in [1.165, 1.54) is 0 Å². The van der Waals surface area contributed by atoms with Crippen LogP contribution in [0.2, 0.25) is 5.02 Å². The van der Waals surface area contributed by atoms with Gasteiger partial charge in [-0.1, -0.05) is 35.9 Å². The summed E-state index contributed by atoms with van der Waals surface area (Å²) in [5.41, 5.74) is 2.19. The van der Waals surface area contributed by atoms with Crippen molar-refractivity contribution >= 4 is 29.1 Å². The minimum Gasteiger partial charge on any atom is -0.497 e. The van der Waals surface area contributed by atoms with Gasteiger partial charge in [0.2, 0.25) is 0 Å². The van der Waals surface area contributed by atoms with E-state index in [9.17, 15) is 9.59 Å². The normalized spacial score (nSPS) is 13.1. The van der Waals surface area contributed by atoms with Gasteiger partial charge in [0.25, 0.3) is 5.91 Å². The Morgan fingerprint density at radius 2 is 1.60 bits per heavy atom. The topological polar surface area (TPSA) is 59.0 Å². The van der Waals surface area contributed by atoms with Gasteiger partial charge in [0.05, 0.1) is 13.7 Å². The fraction of sp³-hybridized carbons (Fsp3) is 0.125. The molecular weight excluding hydrogens is 400 g/mol. The van der Waals surface area contributed by atoms with Gasteiger partial charge in [0.1, 0.15) is 11.6 Å². The maximum absolute atomic E-state index is 13.1. The number of halogens is 1. The van der Waals surface area contributed by atoms with Crippen LogP contribution in [-0.4, -0.2) is 42.6 Å². The molecule has 0 bridgehead atoms. The van der Waals surface area contributed by atoms with Gasteiger partial charge in [0.15, 0.2) is 5.78 Å². The Balaban J connectivity index is 1.67. The number of hydrogen-bond acceptors (Lipinski definition) is 4. The molecule has 3 aromatic carbocycles. The van der Waals surface area contributed by atoms with Crippen LogP contribution < -0.4 is 4.74 Å². The molecule has 3 aromatic rings. The molecule has 5 nitrogen and oxygen atoms in total. The molecule has 4 rings (SSSR count). The largest absolute Gasteiger partial charge is 0.497 e. The van der Waals surface area contributed by atoms with Gasteiger partial charge in [0, 0.05) is 33.8 Å². The molecule has 0 saturated carbocycles. The Kier molecular flexibility index (Phi) is 5.63. The lowest BCUT2D eigenvalue weighted by Crippen LogP contribution is -2.35. The zero-order chi connectivity index (χ0) is 21.1. The van der Waals surface area contributed by atoms with E-state index in [0.717, 1.165) is 0 Å². The van der Waals surface area contributed by atoms with Crippen LogP contribution in [0, 0.1) is 0 Å². The lowest BCUT2D eigenvalue weighted by Gasteiger charge is -2.20. The number of ether oxygens (including phenoxy) is 1. The average Bonchev–Trinajstić information content (AvgIpc) is 3.28. The van der Waals surface area contributed by atoms with E-state index in [0.29, 0.717) is 52.0 Å². The van der Waals surface area contributed by atoms with Gasteiger partial charge in [-0.2, -0.15) is 0 Å². The molecule has 0 radical (unpaired) electrons. The molecule has 1 aliphatic rings. The lowest BCUT2D eigenvalue weighted by molar-refractivity contribution is 0.0857. The Labute approximate surface area is 179 Å². The zero-order valence-corrected chi connectivity index (χ0v) is 17.1. The van der Waals surface area contributed by atoms with Crippen LogP contribution in [0.5, 0.6) is 5.75 Å². The molecular formula is C24H19ClN2O3. The maximum atomic E-state index is 13.1. The second-order valence-electron chi connectivity index (χ2n) is 6.77. The van der Waals surface area contributed by atoms with E-state index in [4.69, 9.17) is 16.3 Å². The first kappa shape index (κ1) is 19.9. The minimum absolute atomic E-state index is 0.145. The first-order valence-electron chi connectivity index (χ1n) is 9.48. The van der Waals surface area contributed by atoms with Crippen molar-refractivity contribution in [3.05, 3.63) is 100 Å². The van der Waals surface area contributed by atoms with Crippen molar-refractivity contribution in [2.75, 3.05) is 20.2 Å². The van der Waals surface area contributed by atoms with Crippen LogP contribution in [0.3, 0.4) is 0 Å². The summed E-state index contributed by atoms with van der Waals surface area (Å²) >= 11 is 5.95. The summed E-state index contributed by atoms with van der Waals surface area (Å²) in [5.74, 6) is 0.880. The summed E-state index contributed by atoms with van der Waals surface area (Å²) < 4.78 is 5.16. The molecule has 150 valence electrons. The number of benzene rings is 3. The van der Waals surface area contributed by atoms with E-state index in [1.807, 2.05) is 12.1 Å². The van der Waals surface area contributed by atoms with Crippen LogP contribution in [0.1, 0.15) is 31.8 Å². The highest BCUT2D eigenvalue weighted by molar-refractivity contribution is 6.30. The van der Waals surface area contributed by atoms with Crippen molar-refractivity contribution in [2.45, 2.75) is 0 Å². The molecule has 30 heavy (non-hydrogen) atoms. The number of hydrogen-bond donors (Lipinski definition) is 0. The second-order valence-corrected chi connectivity index (χ2v) is 7.21. The van der Waals surface area contributed by atoms with Gasteiger partial charge in [-0.15, -0.1) is 0 Å². The Morgan fingerprint density at radius 1 is 0.933 bits per heavy atom. The summed E-state index contributed by atoms with van der Waals surface area (Å²) in [7, 11) is 1.58. The fourth-order valence-electron chi connectivity index (χ4n) is 3.40. The number of aliphatic imine (C=N–C) groups is 1. The first-order chi connectivity index (χ1) is 14.6. The number of nitrogens with zero attached hydrogens (tertiary/aromatic N) is 2. The third-order valence-corrected chi connectivity index (χ3v) is 5.19. The van der Waals surface area contributed by atoms with Crippen LogP contribution >= 0.6 is 11.6 Å². The number of carbonyl (C=O) groups excluding carboxylic acids is 2. The lowest BCUT2D eigenvalue weighted by atomic mass is 9.97. The zero-order valence-electron chi connectivity index (χ0n) is 16.3. The van der Waals surface area contributed by atoms with Gasteiger partial charge >= 0.3 is 0 Å². The molecule has 0 atom stereocenters. The molecule has 0 N–H and O–H groups in total. The van der Waals surface area contributed by atoms with Crippen molar-refractivity contribution in [2.24, 2.45) is 4.99 Å². The van der Waals surface area contributed by atoms with E-state index >= 15 is 0 Å². The SMILES string of the molecule is COc1ccc(C(=O)N2CCN=C2c2ccccc2C(=O)c2ccc(Cl)cc2)cc1. The maximum Gasteiger partial charge on any atom is 0.259 e. The van der Waals surface area contributed by atoms with E-state index < -0.39 is 0 Å². The Bertz CT molecular complexity index is 1120. The molecule has 0 saturated heterocycles. The van der Waals surface area contributed by atoms with Crippen molar-refractivity contribution < 1.29 is 14.3 Å². The number of methoxy groups -OCH3 is 1. The first-order valence-corrected chi connectivity index (χ1v) is 9.86. The molecule has 1 aliphatic heterocycles. The highest BCUT2D eigenvalue weighted by atomic mass is 35.5. The third-order valence-electron chi connectivity index (χ3n) is 4.94. The number of rotatable bonds is 5. The summed E-state index contributed by atoms with van der Waals surface area (Å²) in [6.45, 7) is 0.949. The molecule has 6 heteroatoms. The van der Waals surface area contributed by atoms with Gasteiger partial charge in [-0.3, -0.25) is 19.5 Å². The second kappa shape index (κ2) is 8.51. The molecule has 1 amide bonds. The number of amidine groups is 1. The number of amides is 1. The van der Waals surface area contributed by atoms with Crippen LogP contribution in [0.15, 0.2) is 77.8 Å². The van der Waals surface area contributed by atoms with Gasteiger partial charge in [-0.25, -0.2) is 0 Å². The van der Waals surface area contributed by atoms with Crippen molar-refractivity contribution in [3.8, 4) is 5.75 Å². The summed E-state index contributed by atoms with van der Waals surface area (Å²) in [5, 5.41) is 0.566. The average molecular weight is 419 g/mol. The van der Waals surface area contributed by atoms with E-state index in [2.05, 4.69) is 4.99 Å². The monoisotopic (exact) mass is 418 g/mol. The smallest absolute Gasteiger partial charge is 0.259 e. The molecule has 0 spiro atoms. The van der Waals surface area contributed by atoms with Crippen molar-refractivity contribution in [1.82, 2.24) is 4.90 Å². The summed E-state index contributed by atoms with van der Waals surface area (Å²) in [4.78, 5) is 32.4. The molecule has 0 aliphatic carbocycles. The molecule has 0 aromatic heterocycles. The minimum atomic E-state index is -0.164. The fourth-order valence-corrected chi connectivity index (χ4v) is 3.52. The quantitative estimate of drug-likeness (QED) is 0.574. The Hall–Kier alpha value is -3.44. The molecule has 1 heterocycles. The van der Waals surface area contributed by atoms with Gasteiger partial charge < -0.3 is 4.74 Å². The highest BCUT2D eigenvalue weighted by Gasteiger charge is 2.28. The summed E-state index contributed by atoms with van der Waals surface area (Å²) in [6, 6.07) is 20.9. The van der Waals surface area contributed by atoms with E-state index in [-0.39, 0.29) is 11.7 Å². The van der Waals surface area contributed by atoms with Crippen molar-refractivity contribution in [1.29, 1.82) is 0 Å². The highest BCUT2D eigenvalue weighted by Crippen LogP contribution is 2.22.